The number of rotatable bonds is 3. The minimum absolute atomic E-state index is 0.435. The van der Waals surface area contributed by atoms with Gasteiger partial charge in [0, 0.05) is 23.1 Å². The van der Waals surface area contributed by atoms with Crippen LogP contribution in [-0.4, -0.2) is 26.0 Å². The zero-order valence-electron chi connectivity index (χ0n) is 9.52. The van der Waals surface area contributed by atoms with E-state index in [-0.39, 0.29) is 0 Å². The Hall–Kier alpha value is -1.86. The van der Waals surface area contributed by atoms with Gasteiger partial charge in [0.25, 0.3) is 0 Å². The molecule has 0 aromatic carbocycles. The Morgan fingerprint density at radius 2 is 2.11 bits per heavy atom. The highest BCUT2D eigenvalue weighted by molar-refractivity contribution is 9.10. The lowest BCUT2D eigenvalue weighted by Gasteiger charge is -1.97. The predicted molar refractivity (Wildman–Crippen MR) is 75.6 cm³/mol. The molecule has 0 fully saturated rings. The van der Waals surface area contributed by atoms with E-state index in [1.165, 1.54) is 16.0 Å². The van der Waals surface area contributed by atoms with Crippen molar-refractivity contribution in [2.24, 2.45) is 0 Å². The Balaban J connectivity index is 2.15. The summed E-state index contributed by atoms with van der Waals surface area (Å²) in [6.45, 7) is 0. The first-order chi connectivity index (χ1) is 9.29. The van der Waals surface area contributed by atoms with Crippen LogP contribution in [0.15, 0.2) is 40.6 Å². The molecule has 0 unspecified atom stereocenters. The van der Waals surface area contributed by atoms with Crippen molar-refractivity contribution in [3.05, 3.63) is 46.1 Å². The summed E-state index contributed by atoms with van der Waals surface area (Å²) in [4.78, 5) is 20.3. The van der Waals surface area contributed by atoms with Crippen molar-refractivity contribution in [1.82, 2.24) is 19.7 Å². The van der Waals surface area contributed by atoms with Crippen molar-refractivity contribution in [2.75, 3.05) is 0 Å². The molecule has 0 N–H and O–H groups in total. The molecular weight excluding hydrogens is 328 g/mol. The normalized spacial score (nSPS) is 10.6. The molecule has 3 rings (SSSR count). The van der Waals surface area contributed by atoms with Gasteiger partial charge in [-0.3, -0.25) is 4.79 Å². The number of nitrogens with zero attached hydrogens (tertiary/aromatic N) is 4. The molecule has 0 aliphatic carbocycles. The maximum atomic E-state index is 11.2. The summed E-state index contributed by atoms with van der Waals surface area (Å²) < 4.78 is 2.42. The summed E-state index contributed by atoms with van der Waals surface area (Å²) in [7, 11) is 0. The van der Waals surface area contributed by atoms with Crippen LogP contribution in [0.4, 0.5) is 0 Å². The second-order valence-electron chi connectivity index (χ2n) is 3.64. The first-order valence-electron chi connectivity index (χ1n) is 5.35. The molecule has 0 atom stereocenters. The van der Waals surface area contributed by atoms with E-state index >= 15 is 0 Å². The molecule has 0 radical (unpaired) electrons. The lowest BCUT2D eigenvalue weighted by molar-refractivity contribution is 0.112. The van der Waals surface area contributed by atoms with Crippen LogP contribution in [0.1, 0.15) is 10.4 Å². The van der Waals surface area contributed by atoms with Gasteiger partial charge in [0.2, 0.25) is 5.95 Å². The molecule has 0 bridgehead atoms. The Morgan fingerprint density at radius 1 is 1.32 bits per heavy atom. The Bertz CT molecular complexity index is 722. The van der Waals surface area contributed by atoms with Crippen molar-refractivity contribution in [2.45, 2.75) is 0 Å². The summed E-state index contributed by atoms with van der Waals surface area (Å²) in [6.07, 6.45) is 5.68. The van der Waals surface area contributed by atoms with Crippen molar-refractivity contribution in [3.63, 3.8) is 0 Å². The molecule has 5 nitrogen and oxygen atoms in total. The van der Waals surface area contributed by atoms with E-state index in [9.17, 15) is 4.79 Å². The second kappa shape index (κ2) is 5.02. The smallest absolute Gasteiger partial charge is 0.250 e. The fraction of sp³-hybridized carbons (Fsp3) is 0. The first-order valence-corrected chi connectivity index (χ1v) is 7.02. The van der Waals surface area contributed by atoms with Gasteiger partial charge in [-0.1, -0.05) is 0 Å². The minimum Gasteiger partial charge on any atom is -0.298 e. The summed E-state index contributed by atoms with van der Waals surface area (Å²) >= 11 is 4.96. The van der Waals surface area contributed by atoms with Gasteiger partial charge < -0.3 is 0 Å². The van der Waals surface area contributed by atoms with Gasteiger partial charge in [0.05, 0.1) is 10.4 Å². The van der Waals surface area contributed by atoms with Crippen LogP contribution < -0.4 is 0 Å². The number of hydrogen-bond acceptors (Lipinski definition) is 5. The maximum Gasteiger partial charge on any atom is 0.250 e. The van der Waals surface area contributed by atoms with E-state index in [1.807, 2.05) is 11.4 Å². The van der Waals surface area contributed by atoms with Gasteiger partial charge in [-0.25, -0.2) is 14.6 Å². The molecule has 0 amide bonds. The molecule has 94 valence electrons. The lowest BCUT2D eigenvalue weighted by atomic mass is 10.2. The fourth-order valence-corrected chi connectivity index (χ4v) is 3.19. The lowest BCUT2D eigenvalue weighted by Crippen LogP contribution is -2.00. The van der Waals surface area contributed by atoms with Gasteiger partial charge in [-0.05, 0) is 33.4 Å². The summed E-state index contributed by atoms with van der Waals surface area (Å²) in [5.41, 5.74) is 1.14. The number of aromatic nitrogens is 4. The van der Waals surface area contributed by atoms with E-state index in [0.717, 1.165) is 15.6 Å². The largest absolute Gasteiger partial charge is 0.298 e. The van der Waals surface area contributed by atoms with Crippen molar-refractivity contribution in [1.29, 1.82) is 0 Å². The van der Waals surface area contributed by atoms with E-state index in [1.54, 1.807) is 24.7 Å². The van der Waals surface area contributed by atoms with Crippen LogP contribution in [0, 0.1) is 0 Å². The van der Waals surface area contributed by atoms with E-state index in [0.29, 0.717) is 17.2 Å². The average Bonchev–Trinajstić information content (AvgIpc) is 3.05. The highest BCUT2D eigenvalue weighted by Crippen LogP contribution is 2.34. The van der Waals surface area contributed by atoms with Crippen molar-refractivity contribution < 1.29 is 4.79 Å². The average molecular weight is 335 g/mol. The van der Waals surface area contributed by atoms with Crippen LogP contribution in [0.3, 0.4) is 0 Å². The number of thiophene rings is 1. The SMILES string of the molecule is O=Cc1cn(-c2ncccn2)nc1-c1sccc1Br. The molecule has 0 aliphatic rings. The number of halogens is 1. The highest BCUT2D eigenvalue weighted by atomic mass is 79.9. The highest BCUT2D eigenvalue weighted by Gasteiger charge is 2.16. The molecule has 3 aromatic rings. The predicted octanol–water partition coefficient (Wildman–Crippen LogP) is 2.97. The van der Waals surface area contributed by atoms with Gasteiger partial charge in [-0.15, -0.1) is 11.3 Å². The zero-order chi connectivity index (χ0) is 13.2. The third kappa shape index (κ3) is 2.22. The number of carbonyl (C=O) groups excluding carboxylic acids is 1. The summed E-state index contributed by atoms with van der Waals surface area (Å²) in [5, 5.41) is 6.33. The molecule has 3 aromatic heterocycles. The van der Waals surface area contributed by atoms with E-state index in [4.69, 9.17) is 0 Å². The third-order valence-corrected chi connectivity index (χ3v) is 4.30. The van der Waals surface area contributed by atoms with Crippen molar-refractivity contribution >= 4 is 33.6 Å². The molecule has 7 heteroatoms. The van der Waals surface area contributed by atoms with Crippen LogP contribution in [0.2, 0.25) is 0 Å². The van der Waals surface area contributed by atoms with Gasteiger partial charge >= 0.3 is 0 Å². The molecule has 19 heavy (non-hydrogen) atoms. The fourth-order valence-electron chi connectivity index (χ4n) is 1.62. The number of carbonyl (C=O) groups is 1. The first kappa shape index (κ1) is 12.2. The zero-order valence-corrected chi connectivity index (χ0v) is 11.9. The number of aldehydes is 1. The number of hydrogen-bond donors (Lipinski definition) is 0. The second-order valence-corrected chi connectivity index (χ2v) is 5.41. The quantitative estimate of drug-likeness (QED) is 0.691. The van der Waals surface area contributed by atoms with Gasteiger partial charge in [-0.2, -0.15) is 5.10 Å². The van der Waals surface area contributed by atoms with Crippen LogP contribution in [0.25, 0.3) is 16.5 Å². The summed E-state index contributed by atoms with van der Waals surface area (Å²) in [5.74, 6) is 0.435. The topological polar surface area (TPSA) is 60.7 Å². The minimum atomic E-state index is 0.435. The van der Waals surface area contributed by atoms with Crippen LogP contribution in [-0.2, 0) is 0 Å². The Kier molecular flexibility index (Phi) is 3.22. The van der Waals surface area contributed by atoms with E-state index in [2.05, 4.69) is 31.0 Å². The van der Waals surface area contributed by atoms with Crippen LogP contribution >= 0.6 is 27.3 Å². The maximum absolute atomic E-state index is 11.2. The molecule has 0 saturated heterocycles. The Labute approximate surface area is 121 Å². The van der Waals surface area contributed by atoms with Gasteiger partial charge in [0.1, 0.15) is 5.69 Å². The Morgan fingerprint density at radius 3 is 2.74 bits per heavy atom. The standard InChI is InChI=1S/C12H7BrN4OS/c13-9-2-5-19-11(9)10-8(7-18)6-17(16-10)12-14-3-1-4-15-12/h1-7H. The molecule has 0 aliphatic heterocycles. The molecule has 0 saturated carbocycles. The monoisotopic (exact) mass is 334 g/mol. The molecule has 3 heterocycles. The van der Waals surface area contributed by atoms with Gasteiger partial charge in [0.15, 0.2) is 6.29 Å². The summed E-state index contributed by atoms with van der Waals surface area (Å²) in [6, 6.07) is 3.65. The van der Waals surface area contributed by atoms with E-state index < -0.39 is 0 Å². The van der Waals surface area contributed by atoms with Crippen molar-refractivity contribution in [3.8, 4) is 16.5 Å². The molecular formula is C12H7BrN4OS. The third-order valence-electron chi connectivity index (χ3n) is 2.46. The molecule has 0 spiro atoms. The van der Waals surface area contributed by atoms with Crippen LogP contribution in [0.5, 0.6) is 0 Å².